The Hall–Kier alpha value is -1.76. The van der Waals surface area contributed by atoms with Gasteiger partial charge in [0.05, 0.1) is 7.11 Å². The van der Waals surface area contributed by atoms with Gasteiger partial charge in [-0.3, -0.25) is 0 Å². The Morgan fingerprint density at radius 2 is 2.05 bits per heavy atom. The third kappa shape index (κ3) is 5.26. The van der Waals surface area contributed by atoms with Gasteiger partial charge in [0.1, 0.15) is 23.8 Å². The summed E-state index contributed by atoms with van der Waals surface area (Å²) >= 11 is 0. The van der Waals surface area contributed by atoms with Crippen molar-refractivity contribution >= 4 is 10.0 Å². The number of sulfonamides is 1. The van der Waals surface area contributed by atoms with E-state index >= 15 is 0 Å². The molecule has 1 rings (SSSR count). The number of ether oxygens (including phenoxy) is 1. The van der Waals surface area contributed by atoms with E-state index in [9.17, 15) is 21.6 Å². The quantitative estimate of drug-likeness (QED) is 0.807. The molecule has 0 atom stereocenters. The fourth-order valence-corrected chi connectivity index (χ4v) is 2.57. The maximum atomic E-state index is 12.1. The Bertz CT molecular complexity index is 659. The zero-order valence-electron chi connectivity index (χ0n) is 10.9. The first-order valence-electron chi connectivity index (χ1n) is 5.54. The number of alkyl halides is 3. The summed E-state index contributed by atoms with van der Waals surface area (Å²) < 4.78 is 66.4. The first-order valence-corrected chi connectivity index (χ1v) is 7.02. The van der Waals surface area contributed by atoms with Crippen molar-refractivity contribution in [2.75, 3.05) is 20.3 Å². The molecule has 1 aromatic carbocycles. The van der Waals surface area contributed by atoms with E-state index in [1.54, 1.807) is 0 Å². The average Bonchev–Trinajstić information content (AvgIpc) is 2.42. The van der Waals surface area contributed by atoms with Gasteiger partial charge in [-0.15, -0.1) is 0 Å². The Morgan fingerprint density at radius 1 is 1.38 bits per heavy atom. The molecule has 0 heterocycles. The van der Waals surface area contributed by atoms with Gasteiger partial charge in [-0.1, -0.05) is 11.8 Å². The van der Waals surface area contributed by atoms with Crippen molar-refractivity contribution in [3.05, 3.63) is 23.8 Å². The Labute approximate surface area is 119 Å². The SMILES string of the molecule is COc1ccc(C#CCO)cc1S(=O)(=O)NCC(F)(F)F. The summed E-state index contributed by atoms with van der Waals surface area (Å²) in [7, 11) is -3.22. The van der Waals surface area contributed by atoms with Crippen LogP contribution in [0, 0.1) is 11.8 Å². The fraction of sp³-hybridized carbons (Fsp3) is 0.333. The minimum absolute atomic E-state index is 0.112. The molecule has 21 heavy (non-hydrogen) atoms. The maximum absolute atomic E-state index is 12.1. The highest BCUT2D eigenvalue weighted by Crippen LogP contribution is 2.25. The number of rotatable bonds is 4. The molecule has 0 unspecified atom stereocenters. The molecule has 0 amide bonds. The van der Waals surface area contributed by atoms with Gasteiger partial charge >= 0.3 is 6.18 Å². The molecule has 0 aliphatic rings. The van der Waals surface area contributed by atoms with Crippen LogP contribution in [0.5, 0.6) is 5.75 Å². The van der Waals surface area contributed by atoms with Gasteiger partial charge in [0.2, 0.25) is 10.0 Å². The first-order chi connectivity index (χ1) is 9.69. The van der Waals surface area contributed by atoms with Crippen molar-refractivity contribution in [1.29, 1.82) is 0 Å². The van der Waals surface area contributed by atoms with E-state index in [1.165, 1.54) is 24.0 Å². The van der Waals surface area contributed by atoms with E-state index in [1.807, 2.05) is 0 Å². The molecule has 0 radical (unpaired) electrons. The second-order valence-corrected chi connectivity index (χ2v) is 5.50. The van der Waals surface area contributed by atoms with Gasteiger partial charge in [-0.05, 0) is 18.2 Å². The lowest BCUT2D eigenvalue weighted by Crippen LogP contribution is -2.34. The van der Waals surface area contributed by atoms with Crippen LogP contribution in [0.1, 0.15) is 5.56 Å². The van der Waals surface area contributed by atoms with Gasteiger partial charge in [0.25, 0.3) is 0 Å². The van der Waals surface area contributed by atoms with Gasteiger partial charge in [-0.25, -0.2) is 13.1 Å². The van der Waals surface area contributed by atoms with Crippen molar-refractivity contribution in [3.8, 4) is 17.6 Å². The molecule has 0 saturated carbocycles. The van der Waals surface area contributed by atoms with E-state index in [0.29, 0.717) is 0 Å². The normalized spacial score (nSPS) is 11.7. The highest BCUT2D eigenvalue weighted by molar-refractivity contribution is 7.89. The lowest BCUT2D eigenvalue weighted by atomic mass is 10.2. The Balaban J connectivity index is 3.19. The van der Waals surface area contributed by atoms with Crippen LogP contribution in [0.15, 0.2) is 23.1 Å². The van der Waals surface area contributed by atoms with Gasteiger partial charge in [-0.2, -0.15) is 13.2 Å². The van der Waals surface area contributed by atoms with Crippen molar-refractivity contribution in [2.45, 2.75) is 11.1 Å². The molecule has 0 spiro atoms. The number of hydrogen-bond donors (Lipinski definition) is 2. The number of hydrogen-bond acceptors (Lipinski definition) is 4. The van der Waals surface area contributed by atoms with Gasteiger partial charge < -0.3 is 9.84 Å². The van der Waals surface area contributed by atoms with Crippen LogP contribution in [0.2, 0.25) is 0 Å². The molecule has 0 aromatic heterocycles. The average molecular weight is 323 g/mol. The molecular weight excluding hydrogens is 311 g/mol. The predicted molar refractivity (Wildman–Crippen MR) is 68.2 cm³/mol. The summed E-state index contributed by atoms with van der Waals surface area (Å²) in [5, 5.41) is 8.58. The molecular formula is C12H12F3NO4S. The third-order valence-corrected chi connectivity index (χ3v) is 3.65. The monoisotopic (exact) mass is 323 g/mol. The van der Waals surface area contributed by atoms with Gasteiger partial charge in [0, 0.05) is 5.56 Å². The summed E-state index contributed by atoms with van der Waals surface area (Å²) in [5.74, 6) is 4.66. The zero-order chi connectivity index (χ0) is 16.1. The Morgan fingerprint density at radius 3 is 2.57 bits per heavy atom. The topological polar surface area (TPSA) is 75.6 Å². The minimum atomic E-state index is -4.67. The molecule has 9 heteroatoms. The second-order valence-electron chi connectivity index (χ2n) is 3.77. The summed E-state index contributed by atoms with van der Waals surface area (Å²) in [6.07, 6.45) is -4.67. The number of nitrogens with one attached hydrogen (secondary N) is 1. The zero-order valence-corrected chi connectivity index (χ0v) is 11.7. The second kappa shape index (κ2) is 6.80. The molecule has 5 nitrogen and oxygen atoms in total. The number of aliphatic hydroxyl groups is 1. The standard InChI is InChI=1S/C12H12F3NO4S/c1-20-10-5-4-9(3-2-6-17)7-11(10)21(18,19)16-8-12(13,14)15/h4-5,7,16-17H,6,8H2,1H3. The van der Waals surface area contributed by atoms with Crippen molar-refractivity contribution in [3.63, 3.8) is 0 Å². The molecule has 0 aliphatic heterocycles. The molecule has 0 aliphatic carbocycles. The van der Waals surface area contributed by atoms with Crippen LogP contribution >= 0.6 is 0 Å². The van der Waals surface area contributed by atoms with Crippen LogP contribution in [0.4, 0.5) is 13.2 Å². The van der Waals surface area contributed by atoms with Crippen molar-refractivity contribution in [1.82, 2.24) is 4.72 Å². The fourth-order valence-electron chi connectivity index (χ4n) is 1.36. The minimum Gasteiger partial charge on any atom is -0.495 e. The summed E-state index contributed by atoms with van der Waals surface area (Å²) in [6.45, 7) is -2.12. The van der Waals surface area contributed by atoms with Crippen LogP contribution < -0.4 is 9.46 Å². The van der Waals surface area contributed by atoms with Crippen LogP contribution in [-0.2, 0) is 10.0 Å². The summed E-state index contributed by atoms with van der Waals surface area (Å²) in [4.78, 5) is -0.459. The predicted octanol–water partition coefficient (Wildman–Crippen LogP) is 0.880. The summed E-state index contributed by atoms with van der Waals surface area (Å²) in [5.41, 5.74) is 0.220. The molecule has 0 bridgehead atoms. The molecule has 2 N–H and O–H groups in total. The van der Waals surface area contributed by atoms with E-state index in [-0.39, 0.29) is 11.3 Å². The number of aliphatic hydroxyl groups excluding tert-OH is 1. The van der Waals surface area contributed by atoms with Crippen LogP contribution in [0.3, 0.4) is 0 Å². The van der Waals surface area contributed by atoms with E-state index in [0.717, 1.165) is 6.07 Å². The smallest absolute Gasteiger partial charge is 0.402 e. The molecule has 116 valence electrons. The molecule has 0 fully saturated rings. The van der Waals surface area contributed by atoms with E-state index in [4.69, 9.17) is 9.84 Å². The first kappa shape index (κ1) is 17.3. The maximum Gasteiger partial charge on any atom is 0.402 e. The summed E-state index contributed by atoms with van der Waals surface area (Å²) in [6, 6.07) is 3.76. The number of methoxy groups -OCH3 is 1. The number of benzene rings is 1. The van der Waals surface area contributed by atoms with Crippen molar-refractivity contribution in [2.24, 2.45) is 0 Å². The third-order valence-electron chi connectivity index (χ3n) is 2.23. The number of halogens is 3. The molecule has 1 aromatic rings. The highest BCUT2D eigenvalue weighted by Gasteiger charge is 2.31. The van der Waals surface area contributed by atoms with Gasteiger partial charge in [0.15, 0.2) is 0 Å². The lowest BCUT2D eigenvalue weighted by Gasteiger charge is -2.12. The van der Waals surface area contributed by atoms with Crippen LogP contribution in [-0.4, -0.2) is 40.0 Å². The highest BCUT2D eigenvalue weighted by atomic mass is 32.2. The van der Waals surface area contributed by atoms with Crippen molar-refractivity contribution < 1.29 is 31.4 Å². The van der Waals surface area contributed by atoms with E-state index < -0.39 is 34.2 Å². The largest absolute Gasteiger partial charge is 0.495 e. The van der Waals surface area contributed by atoms with Crippen LogP contribution in [0.25, 0.3) is 0 Å². The Kier molecular flexibility index (Phi) is 5.60. The lowest BCUT2D eigenvalue weighted by molar-refractivity contribution is -0.121. The van der Waals surface area contributed by atoms with E-state index in [2.05, 4.69) is 11.8 Å². The molecule has 0 saturated heterocycles.